The summed E-state index contributed by atoms with van der Waals surface area (Å²) in [6.07, 6.45) is 2.97. The van der Waals surface area contributed by atoms with Gasteiger partial charge in [-0.25, -0.2) is 0 Å². The third-order valence-electron chi connectivity index (χ3n) is 3.18. The summed E-state index contributed by atoms with van der Waals surface area (Å²) in [5, 5.41) is 9.09. The van der Waals surface area contributed by atoms with Crippen LogP contribution in [-0.4, -0.2) is 30.9 Å². The molecule has 116 valence electrons. The Labute approximate surface area is 135 Å². The standard InChI is InChI=1S/C14H18ClN3O2.ClH/c15-10-4-6-11(7-5-10)18-13(19)9-17-14(20)12-3-1-2-8-16-12;/h4-7,12,16H,1-3,8-9H2,(H,17,20)(H,18,19);1H. The number of piperidine rings is 1. The van der Waals surface area contributed by atoms with Crippen molar-refractivity contribution in [1.29, 1.82) is 0 Å². The predicted octanol–water partition coefficient (Wildman–Crippen LogP) is 1.96. The quantitative estimate of drug-likeness (QED) is 0.789. The van der Waals surface area contributed by atoms with Crippen molar-refractivity contribution < 1.29 is 9.59 Å². The van der Waals surface area contributed by atoms with Crippen LogP contribution in [0.1, 0.15) is 19.3 Å². The summed E-state index contributed by atoms with van der Waals surface area (Å²) in [6, 6.07) is 6.64. The number of carbonyl (C=O) groups is 2. The summed E-state index contributed by atoms with van der Waals surface area (Å²) in [5.74, 6) is -0.368. The number of halogens is 2. The van der Waals surface area contributed by atoms with Gasteiger partial charge in [-0.05, 0) is 43.7 Å². The normalized spacial score (nSPS) is 17.5. The van der Waals surface area contributed by atoms with Crippen LogP contribution in [0.15, 0.2) is 24.3 Å². The molecule has 1 aliphatic heterocycles. The van der Waals surface area contributed by atoms with Crippen LogP contribution in [0.2, 0.25) is 5.02 Å². The molecule has 3 N–H and O–H groups in total. The van der Waals surface area contributed by atoms with E-state index in [1.165, 1.54) is 0 Å². The highest BCUT2D eigenvalue weighted by atomic mass is 35.5. The zero-order valence-electron chi connectivity index (χ0n) is 11.5. The summed E-state index contributed by atoms with van der Waals surface area (Å²) >= 11 is 5.76. The number of carbonyl (C=O) groups excluding carboxylic acids is 2. The molecule has 0 radical (unpaired) electrons. The van der Waals surface area contributed by atoms with Crippen LogP contribution < -0.4 is 16.0 Å². The molecule has 5 nitrogen and oxygen atoms in total. The molecular formula is C14H19Cl2N3O2. The Balaban J connectivity index is 0.00000220. The van der Waals surface area contributed by atoms with Gasteiger partial charge in [-0.15, -0.1) is 12.4 Å². The van der Waals surface area contributed by atoms with Crippen LogP contribution in [0.25, 0.3) is 0 Å². The minimum atomic E-state index is -0.253. The van der Waals surface area contributed by atoms with Gasteiger partial charge in [0, 0.05) is 10.7 Å². The molecule has 7 heteroatoms. The Morgan fingerprint density at radius 2 is 1.95 bits per heavy atom. The van der Waals surface area contributed by atoms with Gasteiger partial charge in [0.15, 0.2) is 0 Å². The lowest BCUT2D eigenvalue weighted by Gasteiger charge is -2.22. The van der Waals surface area contributed by atoms with Gasteiger partial charge >= 0.3 is 0 Å². The molecular weight excluding hydrogens is 313 g/mol. The van der Waals surface area contributed by atoms with Crippen LogP contribution in [-0.2, 0) is 9.59 Å². The largest absolute Gasteiger partial charge is 0.346 e. The smallest absolute Gasteiger partial charge is 0.243 e. The van der Waals surface area contributed by atoms with E-state index < -0.39 is 0 Å². The number of nitrogens with one attached hydrogen (secondary N) is 3. The van der Waals surface area contributed by atoms with Crippen LogP contribution in [0.3, 0.4) is 0 Å². The zero-order chi connectivity index (χ0) is 14.4. The minimum absolute atomic E-state index is 0. The Morgan fingerprint density at radius 1 is 1.24 bits per heavy atom. The average molecular weight is 332 g/mol. The Hall–Kier alpha value is -1.30. The topological polar surface area (TPSA) is 70.2 Å². The monoisotopic (exact) mass is 331 g/mol. The van der Waals surface area contributed by atoms with E-state index in [0.717, 1.165) is 25.8 Å². The van der Waals surface area contributed by atoms with Gasteiger partial charge in [0.2, 0.25) is 11.8 Å². The first kappa shape index (κ1) is 17.8. The van der Waals surface area contributed by atoms with Crippen molar-refractivity contribution in [3.63, 3.8) is 0 Å². The molecule has 0 spiro atoms. The van der Waals surface area contributed by atoms with Crippen LogP contribution >= 0.6 is 24.0 Å². The van der Waals surface area contributed by atoms with Crippen LogP contribution in [0.5, 0.6) is 0 Å². The Morgan fingerprint density at radius 3 is 2.57 bits per heavy atom. The fourth-order valence-electron chi connectivity index (χ4n) is 2.10. The fraction of sp³-hybridized carbons (Fsp3) is 0.429. The maximum absolute atomic E-state index is 11.8. The first-order valence-electron chi connectivity index (χ1n) is 6.71. The molecule has 0 saturated carbocycles. The maximum atomic E-state index is 11.8. The van der Waals surface area contributed by atoms with Gasteiger partial charge in [0.05, 0.1) is 12.6 Å². The van der Waals surface area contributed by atoms with E-state index in [1.54, 1.807) is 24.3 Å². The second kappa shape index (κ2) is 8.87. The molecule has 1 saturated heterocycles. The van der Waals surface area contributed by atoms with E-state index >= 15 is 0 Å². The molecule has 1 aromatic carbocycles. The first-order chi connectivity index (χ1) is 9.65. The Kier molecular flexibility index (Phi) is 7.50. The molecule has 2 rings (SSSR count). The average Bonchev–Trinajstić information content (AvgIpc) is 2.48. The SMILES string of the molecule is Cl.O=C(CNC(=O)C1CCCCN1)Nc1ccc(Cl)cc1. The van der Waals surface area contributed by atoms with E-state index in [9.17, 15) is 9.59 Å². The van der Waals surface area contributed by atoms with Crippen molar-refractivity contribution >= 4 is 41.5 Å². The second-order valence-corrected chi connectivity index (χ2v) is 5.21. The molecule has 0 aromatic heterocycles. The van der Waals surface area contributed by atoms with Crippen molar-refractivity contribution in [2.75, 3.05) is 18.4 Å². The highest BCUT2D eigenvalue weighted by Gasteiger charge is 2.20. The van der Waals surface area contributed by atoms with Gasteiger partial charge in [0.1, 0.15) is 0 Å². The van der Waals surface area contributed by atoms with Gasteiger partial charge in [-0.2, -0.15) is 0 Å². The lowest BCUT2D eigenvalue weighted by atomic mass is 10.0. The highest BCUT2D eigenvalue weighted by Crippen LogP contribution is 2.13. The number of rotatable bonds is 4. The molecule has 1 aliphatic rings. The zero-order valence-corrected chi connectivity index (χ0v) is 13.1. The highest BCUT2D eigenvalue weighted by molar-refractivity contribution is 6.30. The van der Waals surface area contributed by atoms with Crippen molar-refractivity contribution in [3.8, 4) is 0 Å². The van der Waals surface area contributed by atoms with Gasteiger partial charge in [-0.1, -0.05) is 18.0 Å². The number of hydrogen-bond acceptors (Lipinski definition) is 3. The van der Waals surface area contributed by atoms with Gasteiger partial charge in [-0.3, -0.25) is 9.59 Å². The molecule has 1 heterocycles. The lowest BCUT2D eigenvalue weighted by molar-refractivity contribution is -0.126. The van der Waals surface area contributed by atoms with Crippen molar-refractivity contribution in [2.45, 2.75) is 25.3 Å². The second-order valence-electron chi connectivity index (χ2n) is 4.78. The number of anilines is 1. The summed E-state index contributed by atoms with van der Waals surface area (Å²) in [5.41, 5.74) is 0.657. The molecule has 0 aliphatic carbocycles. The molecule has 2 amide bonds. The van der Waals surface area contributed by atoms with Crippen molar-refractivity contribution in [1.82, 2.24) is 10.6 Å². The van der Waals surface area contributed by atoms with Crippen molar-refractivity contribution in [2.24, 2.45) is 0 Å². The van der Waals surface area contributed by atoms with E-state index in [-0.39, 0.29) is 36.8 Å². The summed E-state index contributed by atoms with van der Waals surface area (Å²) in [7, 11) is 0. The molecule has 21 heavy (non-hydrogen) atoms. The Bertz CT molecular complexity index is 474. The third kappa shape index (κ3) is 5.91. The molecule has 1 atom stereocenters. The number of benzene rings is 1. The molecule has 1 unspecified atom stereocenters. The van der Waals surface area contributed by atoms with Crippen molar-refractivity contribution in [3.05, 3.63) is 29.3 Å². The predicted molar refractivity (Wildman–Crippen MR) is 86.0 cm³/mol. The third-order valence-corrected chi connectivity index (χ3v) is 3.43. The van der Waals surface area contributed by atoms with E-state index in [0.29, 0.717) is 10.7 Å². The summed E-state index contributed by atoms with van der Waals surface area (Å²) in [6.45, 7) is 0.828. The maximum Gasteiger partial charge on any atom is 0.243 e. The lowest BCUT2D eigenvalue weighted by Crippen LogP contribution is -2.48. The van der Waals surface area contributed by atoms with Gasteiger partial charge < -0.3 is 16.0 Å². The molecule has 1 aromatic rings. The van der Waals surface area contributed by atoms with Crippen LogP contribution in [0, 0.1) is 0 Å². The van der Waals surface area contributed by atoms with E-state index in [1.807, 2.05) is 0 Å². The first-order valence-corrected chi connectivity index (χ1v) is 7.09. The fourth-order valence-corrected chi connectivity index (χ4v) is 2.23. The molecule has 1 fully saturated rings. The van der Waals surface area contributed by atoms with Crippen LogP contribution in [0.4, 0.5) is 5.69 Å². The number of amides is 2. The van der Waals surface area contributed by atoms with Gasteiger partial charge in [0.25, 0.3) is 0 Å². The van der Waals surface area contributed by atoms with E-state index in [4.69, 9.17) is 11.6 Å². The van der Waals surface area contributed by atoms with E-state index in [2.05, 4.69) is 16.0 Å². The summed E-state index contributed by atoms with van der Waals surface area (Å²) < 4.78 is 0. The molecule has 0 bridgehead atoms. The number of hydrogen-bond donors (Lipinski definition) is 3. The minimum Gasteiger partial charge on any atom is -0.346 e. The summed E-state index contributed by atoms with van der Waals surface area (Å²) in [4.78, 5) is 23.5.